The van der Waals surface area contributed by atoms with Gasteiger partial charge in [0.1, 0.15) is 0 Å². The van der Waals surface area contributed by atoms with Gasteiger partial charge in [0.05, 0.1) is 5.60 Å². The summed E-state index contributed by atoms with van der Waals surface area (Å²) >= 11 is 0. The minimum absolute atomic E-state index is 0.543. The number of hydrogen-bond donors (Lipinski definition) is 2. The minimum atomic E-state index is -0.543. The average molecular weight is 206 g/mol. The standard InChI is InChI=1S/C12H18N2O/c1-12(15)5-6-14(9-12)11-4-2-3-10(7-11)8-13/h2-4,7,15H,5-6,8-9,13H2,1H3. The molecule has 3 heteroatoms. The third-order valence-electron chi connectivity index (χ3n) is 2.96. The van der Waals surface area contributed by atoms with Crippen molar-refractivity contribution in [1.82, 2.24) is 0 Å². The maximum atomic E-state index is 9.89. The maximum absolute atomic E-state index is 9.89. The molecule has 0 aromatic heterocycles. The van der Waals surface area contributed by atoms with Gasteiger partial charge in [0, 0.05) is 25.3 Å². The molecule has 0 radical (unpaired) electrons. The van der Waals surface area contributed by atoms with Crippen LogP contribution in [0.15, 0.2) is 24.3 Å². The van der Waals surface area contributed by atoms with Crippen LogP contribution in [-0.4, -0.2) is 23.8 Å². The quantitative estimate of drug-likeness (QED) is 0.762. The van der Waals surface area contributed by atoms with Gasteiger partial charge in [0.2, 0.25) is 0 Å². The first-order valence-electron chi connectivity index (χ1n) is 5.37. The van der Waals surface area contributed by atoms with Gasteiger partial charge in [-0.05, 0) is 31.0 Å². The van der Waals surface area contributed by atoms with Crippen LogP contribution in [0.25, 0.3) is 0 Å². The summed E-state index contributed by atoms with van der Waals surface area (Å²) in [5.41, 5.74) is 7.36. The van der Waals surface area contributed by atoms with E-state index in [1.807, 2.05) is 19.1 Å². The van der Waals surface area contributed by atoms with Crippen molar-refractivity contribution in [1.29, 1.82) is 0 Å². The second-order valence-electron chi connectivity index (χ2n) is 4.54. The molecule has 1 atom stereocenters. The van der Waals surface area contributed by atoms with E-state index in [1.165, 1.54) is 0 Å². The molecule has 1 aromatic carbocycles. The SMILES string of the molecule is CC1(O)CCN(c2cccc(CN)c2)C1. The lowest BCUT2D eigenvalue weighted by molar-refractivity contribution is 0.0839. The first-order valence-corrected chi connectivity index (χ1v) is 5.37. The van der Waals surface area contributed by atoms with Crippen LogP contribution in [0.5, 0.6) is 0 Å². The van der Waals surface area contributed by atoms with E-state index >= 15 is 0 Å². The number of nitrogens with two attached hydrogens (primary N) is 1. The zero-order valence-electron chi connectivity index (χ0n) is 9.11. The van der Waals surface area contributed by atoms with E-state index in [9.17, 15) is 5.11 Å². The molecule has 3 nitrogen and oxygen atoms in total. The van der Waals surface area contributed by atoms with Crippen molar-refractivity contribution in [2.75, 3.05) is 18.0 Å². The van der Waals surface area contributed by atoms with Crippen LogP contribution in [-0.2, 0) is 6.54 Å². The van der Waals surface area contributed by atoms with Crippen LogP contribution in [0.2, 0.25) is 0 Å². The molecule has 0 amide bonds. The molecule has 1 aliphatic rings. The van der Waals surface area contributed by atoms with Gasteiger partial charge in [-0.15, -0.1) is 0 Å². The lowest BCUT2D eigenvalue weighted by atomic mass is 10.1. The maximum Gasteiger partial charge on any atom is 0.0810 e. The molecule has 1 unspecified atom stereocenters. The molecule has 0 saturated carbocycles. The van der Waals surface area contributed by atoms with Crippen LogP contribution in [0, 0.1) is 0 Å². The fraction of sp³-hybridized carbons (Fsp3) is 0.500. The van der Waals surface area contributed by atoms with Crippen LogP contribution in [0.1, 0.15) is 18.9 Å². The minimum Gasteiger partial charge on any atom is -0.388 e. The van der Waals surface area contributed by atoms with Crippen molar-refractivity contribution < 1.29 is 5.11 Å². The highest BCUT2D eigenvalue weighted by molar-refractivity contribution is 5.50. The summed E-state index contributed by atoms with van der Waals surface area (Å²) in [5, 5.41) is 9.89. The Balaban J connectivity index is 2.16. The number of hydrogen-bond acceptors (Lipinski definition) is 3. The fourth-order valence-corrected chi connectivity index (χ4v) is 2.05. The summed E-state index contributed by atoms with van der Waals surface area (Å²) in [6.07, 6.45) is 0.833. The van der Waals surface area contributed by atoms with Gasteiger partial charge in [-0.25, -0.2) is 0 Å². The number of rotatable bonds is 2. The molecule has 2 rings (SSSR count). The van der Waals surface area contributed by atoms with Crippen molar-refractivity contribution in [3.8, 4) is 0 Å². The van der Waals surface area contributed by atoms with E-state index in [0.717, 1.165) is 24.2 Å². The largest absolute Gasteiger partial charge is 0.388 e. The molecule has 1 fully saturated rings. The van der Waals surface area contributed by atoms with Crippen molar-refractivity contribution in [2.24, 2.45) is 5.73 Å². The smallest absolute Gasteiger partial charge is 0.0810 e. The predicted octanol–water partition coefficient (Wildman–Crippen LogP) is 1.11. The third kappa shape index (κ3) is 2.30. The van der Waals surface area contributed by atoms with Gasteiger partial charge in [0.15, 0.2) is 0 Å². The summed E-state index contributed by atoms with van der Waals surface area (Å²) in [6.45, 7) is 4.08. The van der Waals surface area contributed by atoms with Gasteiger partial charge >= 0.3 is 0 Å². The molecule has 0 aliphatic carbocycles. The van der Waals surface area contributed by atoms with Crippen molar-refractivity contribution in [3.05, 3.63) is 29.8 Å². The Morgan fingerprint density at radius 1 is 1.53 bits per heavy atom. The van der Waals surface area contributed by atoms with E-state index in [1.54, 1.807) is 0 Å². The van der Waals surface area contributed by atoms with Gasteiger partial charge in [-0.2, -0.15) is 0 Å². The number of benzene rings is 1. The lowest BCUT2D eigenvalue weighted by Gasteiger charge is -2.21. The number of aliphatic hydroxyl groups is 1. The van der Waals surface area contributed by atoms with Crippen molar-refractivity contribution >= 4 is 5.69 Å². The Morgan fingerprint density at radius 3 is 2.93 bits per heavy atom. The molecule has 0 bridgehead atoms. The highest BCUT2D eigenvalue weighted by atomic mass is 16.3. The van der Waals surface area contributed by atoms with Gasteiger partial charge in [0.25, 0.3) is 0 Å². The summed E-state index contributed by atoms with van der Waals surface area (Å²) < 4.78 is 0. The molecule has 82 valence electrons. The average Bonchev–Trinajstić information content (AvgIpc) is 2.59. The van der Waals surface area contributed by atoms with E-state index in [4.69, 9.17) is 5.73 Å². The number of anilines is 1. The number of nitrogens with zero attached hydrogens (tertiary/aromatic N) is 1. The zero-order valence-corrected chi connectivity index (χ0v) is 9.11. The van der Waals surface area contributed by atoms with Gasteiger partial charge in [-0.1, -0.05) is 12.1 Å². The van der Waals surface area contributed by atoms with Crippen LogP contribution in [0.3, 0.4) is 0 Å². The monoisotopic (exact) mass is 206 g/mol. The first kappa shape index (κ1) is 10.5. The molecule has 1 aromatic rings. The Labute approximate surface area is 90.5 Å². The second-order valence-corrected chi connectivity index (χ2v) is 4.54. The normalized spacial score (nSPS) is 25.9. The van der Waals surface area contributed by atoms with Crippen LogP contribution in [0.4, 0.5) is 5.69 Å². The van der Waals surface area contributed by atoms with Crippen molar-refractivity contribution in [3.63, 3.8) is 0 Å². The first-order chi connectivity index (χ1) is 7.11. The van der Waals surface area contributed by atoms with Gasteiger partial charge in [-0.3, -0.25) is 0 Å². The predicted molar refractivity (Wildman–Crippen MR) is 61.8 cm³/mol. The molecule has 1 heterocycles. The van der Waals surface area contributed by atoms with Crippen LogP contribution >= 0.6 is 0 Å². The van der Waals surface area contributed by atoms with E-state index in [2.05, 4.69) is 17.0 Å². The molecule has 15 heavy (non-hydrogen) atoms. The highest BCUT2D eigenvalue weighted by Gasteiger charge is 2.31. The summed E-state index contributed by atoms with van der Waals surface area (Å²) in [6, 6.07) is 8.21. The second kappa shape index (κ2) is 3.83. The molecular weight excluding hydrogens is 188 g/mol. The zero-order chi connectivity index (χ0) is 10.9. The van der Waals surface area contributed by atoms with Gasteiger partial charge < -0.3 is 15.7 Å². The summed E-state index contributed by atoms with van der Waals surface area (Å²) in [5.74, 6) is 0. The summed E-state index contributed by atoms with van der Waals surface area (Å²) in [7, 11) is 0. The number of β-amino-alcohol motifs (C(OH)–C–C–N with tert-alkyl or cyclic N) is 1. The Kier molecular flexibility index (Phi) is 2.67. The Bertz CT molecular complexity index is 349. The molecule has 1 saturated heterocycles. The van der Waals surface area contributed by atoms with Crippen molar-refractivity contribution in [2.45, 2.75) is 25.5 Å². The third-order valence-corrected chi connectivity index (χ3v) is 2.96. The van der Waals surface area contributed by atoms with E-state index < -0.39 is 5.60 Å². The highest BCUT2D eigenvalue weighted by Crippen LogP contribution is 2.26. The molecule has 0 spiro atoms. The Hall–Kier alpha value is -1.06. The molecule has 1 aliphatic heterocycles. The Morgan fingerprint density at radius 2 is 2.33 bits per heavy atom. The lowest BCUT2D eigenvalue weighted by Crippen LogP contribution is -2.29. The topological polar surface area (TPSA) is 49.5 Å². The van der Waals surface area contributed by atoms with E-state index in [0.29, 0.717) is 13.1 Å². The van der Waals surface area contributed by atoms with Crippen LogP contribution < -0.4 is 10.6 Å². The summed E-state index contributed by atoms with van der Waals surface area (Å²) in [4.78, 5) is 2.21. The fourth-order valence-electron chi connectivity index (χ4n) is 2.05. The molecular formula is C12H18N2O. The molecule has 3 N–H and O–H groups in total. The van der Waals surface area contributed by atoms with E-state index in [-0.39, 0.29) is 0 Å².